The zero-order valence-electron chi connectivity index (χ0n) is 27.8. The van der Waals surface area contributed by atoms with E-state index in [1.165, 1.54) is 135 Å². The number of unbranched alkanes of at least 4 members (excludes halogenated alkanes) is 25. The van der Waals surface area contributed by atoms with Crippen molar-refractivity contribution in [1.29, 1.82) is 0 Å². The van der Waals surface area contributed by atoms with Crippen LogP contribution in [-0.4, -0.2) is 39.8 Å². The molecule has 4 N–H and O–H groups in total. The molecule has 0 aromatic heterocycles. The Morgan fingerprint density at radius 2 is 0.952 bits per heavy atom. The monoisotopic (exact) mass is 598 g/mol. The number of carbonyl (C=O) groups excluding carboxylic acids is 1. The van der Waals surface area contributed by atoms with E-state index in [-0.39, 0.29) is 5.91 Å². The van der Waals surface area contributed by atoms with E-state index in [1.807, 2.05) is 6.08 Å². The second-order valence-corrected chi connectivity index (χ2v) is 12.5. The molecule has 250 valence electrons. The van der Waals surface area contributed by atoms with Crippen molar-refractivity contribution < 1.29 is 25.2 Å². The molecule has 0 spiro atoms. The lowest BCUT2D eigenvalue weighted by atomic mass is 10.0. The number of hydrogen-bond acceptors (Lipinski definition) is 5. The summed E-state index contributed by atoms with van der Waals surface area (Å²) in [5, 5.41) is 32.0. The van der Waals surface area contributed by atoms with Crippen LogP contribution in [-0.2, 0) is 9.68 Å². The molecule has 0 saturated heterocycles. The molecule has 0 heterocycles. The highest BCUT2D eigenvalue weighted by Gasteiger charge is 2.28. The average molecular weight is 598 g/mol. The van der Waals surface area contributed by atoms with Crippen molar-refractivity contribution in [2.45, 2.75) is 212 Å². The molecule has 0 rings (SSSR count). The Labute approximate surface area is 260 Å². The predicted molar refractivity (Wildman–Crippen MR) is 177 cm³/mol. The number of carbonyl (C=O) groups is 1. The van der Waals surface area contributed by atoms with Crippen LogP contribution in [0.25, 0.3) is 0 Å². The second kappa shape index (κ2) is 33.0. The van der Waals surface area contributed by atoms with Crippen LogP contribution in [0.15, 0.2) is 12.2 Å². The van der Waals surface area contributed by atoms with E-state index in [4.69, 9.17) is 5.26 Å². The van der Waals surface area contributed by atoms with Crippen LogP contribution in [0.1, 0.15) is 194 Å². The van der Waals surface area contributed by atoms with E-state index < -0.39 is 18.4 Å². The summed E-state index contributed by atoms with van der Waals surface area (Å²) in [5.74, 6) is -0.247. The van der Waals surface area contributed by atoms with Gasteiger partial charge in [0.2, 0.25) is 12.2 Å². The Morgan fingerprint density at radius 3 is 1.33 bits per heavy atom. The first kappa shape index (κ1) is 41.0. The van der Waals surface area contributed by atoms with Gasteiger partial charge in [-0.25, -0.2) is 10.1 Å². The van der Waals surface area contributed by atoms with E-state index in [0.717, 1.165) is 38.5 Å². The van der Waals surface area contributed by atoms with Crippen LogP contribution in [0.2, 0.25) is 0 Å². The van der Waals surface area contributed by atoms with Crippen molar-refractivity contribution in [3.63, 3.8) is 0 Å². The number of aliphatic hydroxyl groups is 2. The quantitative estimate of drug-likeness (QED) is 0.0198. The van der Waals surface area contributed by atoms with E-state index in [0.29, 0.717) is 6.42 Å². The van der Waals surface area contributed by atoms with Crippen LogP contribution >= 0.6 is 0 Å². The SMILES string of the molecule is CCCCCCCCCCCCCC=CC(O)C(NC(=O)CCCCCCCCCCCCCCCCC)C(O)OO. The number of rotatable bonds is 33. The zero-order chi connectivity index (χ0) is 30.9. The van der Waals surface area contributed by atoms with Crippen molar-refractivity contribution in [2.24, 2.45) is 0 Å². The lowest BCUT2D eigenvalue weighted by Gasteiger charge is -2.24. The van der Waals surface area contributed by atoms with Crippen molar-refractivity contribution in [2.75, 3.05) is 0 Å². The van der Waals surface area contributed by atoms with Gasteiger partial charge >= 0.3 is 0 Å². The molecule has 0 fully saturated rings. The van der Waals surface area contributed by atoms with Crippen LogP contribution in [0, 0.1) is 0 Å². The molecule has 0 aliphatic heterocycles. The van der Waals surface area contributed by atoms with Gasteiger partial charge in [0.05, 0.1) is 6.10 Å². The summed E-state index contributed by atoms with van der Waals surface area (Å²) >= 11 is 0. The van der Waals surface area contributed by atoms with Gasteiger partial charge in [-0.3, -0.25) is 4.79 Å². The Balaban J connectivity index is 3.84. The van der Waals surface area contributed by atoms with Gasteiger partial charge in [0, 0.05) is 6.42 Å². The lowest BCUT2D eigenvalue weighted by molar-refractivity contribution is -0.343. The van der Waals surface area contributed by atoms with Crippen molar-refractivity contribution in [1.82, 2.24) is 5.32 Å². The Morgan fingerprint density at radius 1 is 0.595 bits per heavy atom. The van der Waals surface area contributed by atoms with Gasteiger partial charge in [-0.2, -0.15) is 0 Å². The van der Waals surface area contributed by atoms with Crippen LogP contribution < -0.4 is 5.32 Å². The van der Waals surface area contributed by atoms with Crippen molar-refractivity contribution in [3.05, 3.63) is 12.2 Å². The number of amides is 1. The number of aliphatic hydroxyl groups excluding tert-OH is 2. The maximum Gasteiger partial charge on any atom is 0.220 e. The highest BCUT2D eigenvalue weighted by molar-refractivity contribution is 5.76. The van der Waals surface area contributed by atoms with Crippen molar-refractivity contribution >= 4 is 5.91 Å². The normalized spacial score (nSPS) is 13.9. The molecule has 0 aliphatic carbocycles. The Kier molecular flexibility index (Phi) is 32.2. The highest BCUT2D eigenvalue weighted by Crippen LogP contribution is 2.15. The van der Waals surface area contributed by atoms with Crippen LogP contribution in [0.4, 0.5) is 0 Å². The van der Waals surface area contributed by atoms with Gasteiger partial charge in [-0.1, -0.05) is 180 Å². The second-order valence-electron chi connectivity index (χ2n) is 12.5. The lowest BCUT2D eigenvalue weighted by Crippen LogP contribution is -2.51. The maximum atomic E-state index is 12.4. The maximum absolute atomic E-state index is 12.4. The summed E-state index contributed by atoms with van der Waals surface area (Å²) in [5.41, 5.74) is 0. The van der Waals surface area contributed by atoms with E-state index in [9.17, 15) is 15.0 Å². The van der Waals surface area contributed by atoms with Gasteiger partial charge in [-0.05, 0) is 19.3 Å². The van der Waals surface area contributed by atoms with E-state index in [2.05, 4.69) is 24.1 Å². The van der Waals surface area contributed by atoms with Gasteiger partial charge in [0.25, 0.3) is 0 Å². The van der Waals surface area contributed by atoms with Crippen LogP contribution in [0.3, 0.4) is 0 Å². The van der Waals surface area contributed by atoms with Crippen molar-refractivity contribution in [3.8, 4) is 0 Å². The predicted octanol–water partition coefficient (Wildman–Crippen LogP) is 10.2. The molecule has 0 aliphatic rings. The van der Waals surface area contributed by atoms with Gasteiger partial charge in [0.1, 0.15) is 6.04 Å². The molecule has 3 unspecified atom stereocenters. The van der Waals surface area contributed by atoms with Gasteiger partial charge in [0.15, 0.2) is 0 Å². The van der Waals surface area contributed by atoms with E-state index in [1.54, 1.807) is 6.08 Å². The first-order valence-corrected chi connectivity index (χ1v) is 18.2. The zero-order valence-corrected chi connectivity index (χ0v) is 27.8. The highest BCUT2D eigenvalue weighted by atomic mass is 17.1. The fraction of sp³-hybridized carbons (Fsp3) is 0.917. The minimum Gasteiger partial charge on any atom is -0.387 e. The first-order valence-electron chi connectivity index (χ1n) is 18.2. The molecule has 0 saturated carbocycles. The van der Waals surface area contributed by atoms with E-state index >= 15 is 0 Å². The third kappa shape index (κ3) is 27.9. The largest absolute Gasteiger partial charge is 0.387 e. The Bertz CT molecular complexity index is 585. The summed E-state index contributed by atoms with van der Waals surface area (Å²) in [6, 6.07) is -1.10. The summed E-state index contributed by atoms with van der Waals surface area (Å²) in [6.07, 6.45) is 35.0. The molecular formula is C36H71NO5. The molecular weight excluding hydrogens is 526 g/mol. The minimum absolute atomic E-state index is 0.247. The smallest absolute Gasteiger partial charge is 0.220 e. The molecule has 6 nitrogen and oxygen atoms in total. The third-order valence-electron chi connectivity index (χ3n) is 8.43. The number of hydrogen-bond donors (Lipinski definition) is 4. The molecule has 1 amide bonds. The topological polar surface area (TPSA) is 99.0 Å². The number of allylic oxidation sites excluding steroid dienone is 1. The summed E-state index contributed by atoms with van der Waals surface area (Å²) < 4.78 is 0. The minimum atomic E-state index is -1.68. The molecule has 0 radical (unpaired) electrons. The molecule has 0 aromatic rings. The molecule has 42 heavy (non-hydrogen) atoms. The molecule has 3 atom stereocenters. The summed E-state index contributed by atoms with van der Waals surface area (Å²) in [4.78, 5) is 16.4. The van der Waals surface area contributed by atoms with Gasteiger partial charge < -0.3 is 15.5 Å². The number of nitrogens with one attached hydrogen (secondary N) is 1. The molecule has 0 bridgehead atoms. The van der Waals surface area contributed by atoms with Crippen LogP contribution in [0.5, 0.6) is 0 Å². The molecule has 6 heteroatoms. The average Bonchev–Trinajstić information content (AvgIpc) is 2.99. The summed E-state index contributed by atoms with van der Waals surface area (Å²) in [6.45, 7) is 4.52. The fourth-order valence-corrected chi connectivity index (χ4v) is 5.59. The first-order chi connectivity index (χ1) is 20.6. The molecule has 0 aromatic carbocycles. The fourth-order valence-electron chi connectivity index (χ4n) is 5.59. The standard InChI is InChI=1S/C36H71NO5/c1-3-5-7-9-11-13-15-17-18-20-22-24-26-28-30-32-34(39)37-35(36(40)42-41)33(38)31-29-27-25-23-21-19-16-14-12-10-8-6-4-2/h29,31,33,35-36,38,40-41H,3-28,30,32H2,1-2H3,(H,37,39). The Hall–Kier alpha value is -0.950. The summed E-state index contributed by atoms with van der Waals surface area (Å²) in [7, 11) is 0. The third-order valence-corrected chi connectivity index (χ3v) is 8.43. The van der Waals surface area contributed by atoms with Gasteiger partial charge in [-0.15, -0.1) is 0 Å².